The minimum atomic E-state index is -1.26. The van der Waals surface area contributed by atoms with E-state index in [1.165, 1.54) is 12.1 Å². The number of aromatic carboxylic acids is 1. The van der Waals surface area contributed by atoms with Gasteiger partial charge in [0.25, 0.3) is 0 Å². The quantitative estimate of drug-likeness (QED) is 0.751. The molecule has 0 radical (unpaired) electrons. The number of carboxylic acids is 1. The first-order valence-corrected chi connectivity index (χ1v) is 5.86. The maximum absolute atomic E-state index is 11.6. The smallest absolute Gasteiger partial charge is 0.337 e. The molecule has 0 aliphatic heterocycles. The van der Waals surface area contributed by atoms with Crippen LogP contribution in [-0.2, 0) is 0 Å². The molecule has 0 spiro atoms. The van der Waals surface area contributed by atoms with Gasteiger partial charge in [0.1, 0.15) is 0 Å². The Hall–Kier alpha value is -1.90. The maximum Gasteiger partial charge on any atom is 0.337 e. The number of carbonyl (C=O) groups excluding carboxylic acids is 1. The monoisotopic (exact) mass is 300 g/mol. The minimum Gasteiger partial charge on any atom is -0.478 e. The van der Waals surface area contributed by atoms with Crippen molar-refractivity contribution >= 4 is 40.9 Å². The Morgan fingerprint density at radius 3 is 2.58 bits per heavy atom. The van der Waals surface area contributed by atoms with Gasteiger partial charge in [-0.25, -0.2) is 9.59 Å². The van der Waals surface area contributed by atoms with Gasteiger partial charge in [-0.05, 0) is 19.1 Å². The molecule has 0 aromatic heterocycles. The van der Waals surface area contributed by atoms with E-state index < -0.39 is 18.0 Å². The number of rotatable bonds is 3. The lowest BCUT2D eigenvalue weighted by Gasteiger charge is -2.13. The fourth-order valence-electron chi connectivity index (χ4n) is 1.26. The summed E-state index contributed by atoms with van der Waals surface area (Å²) in [5.74, 6) is 1.04. The van der Waals surface area contributed by atoms with Gasteiger partial charge >= 0.3 is 12.0 Å². The van der Waals surface area contributed by atoms with Crippen LogP contribution in [0.5, 0.6) is 0 Å². The summed E-state index contributed by atoms with van der Waals surface area (Å²) in [5.41, 5.74) is -0.249. The Kier molecular flexibility index (Phi) is 5.04. The highest BCUT2D eigenvalue weighted by atomic mass is 35.5. The summed E-state index contributed by atoms with van der Waals surface area (Å²) in [6.07, 6.45) is 5.11. The fourth-order valence-corrected chi connectivity index (χ4v) is 1.80. The molecule has 3 N–H and O–H groups in total. The first-order chi connectivity index (χ1) is 8.85. The Morgan fingerprint density at radius 2 is 2.05 bits per heavy atom. The lowest BCUT2D eigenvalue weighted by Crippen LogP contribution is -2.35. The number of urea groups is 1. The van der Waals surface area contributed by atoms with Crippen molar-refractivity contribution in [3.8, 4) is 12.3 Å². The van der Waals surface area contributed by atoms with E-state index in [4.69, 9.17) is 34.7 Å². The molecule has 1 atom stereocenters. The third-order valence-corrected chi connectivity index (χ3v) is 2.64. The molecule has 5 nitrogen and oxygen atoms in total. The lowest BCUT2D eigenvalue weighted by molar-refractivity contribution is 0.0698. The van der Waals surface area contributed by atoms with Crippen molar-refractivity contribution in [2.75, 3.05) is 5.32 Å². The van der Waals surface area contributed by atoms with Crippen LogP contribution in [0, 0.1) is 12.3 Å². The molecule has 7 heteroatoms. The van der Waals surface area contributed by atoms with Crippen LogP contribution in [0.1, 0.15) is 17.3 Å². The summed E-state index contributed by atoms with van der Waals surface area (Å²) in [4.78, 5) is 22.7. The average molecular weight is 301 g/mol. The van der Waals surface area contributed by atoms with E-state index in [1.54, 1.807) is 6.92 Å². The van der Waals surface area contributed by atoms with Crippen molar-refractivity contribution in [2.45, 2.75) is 13.0 Å². The first kappa shape index (κ1) is 15.2. The second-order valence-electron chi connectivity index (χ2n) is 3.60. The molecule has 1 rings (SSSR count). The van der Waals surface area contributed by atoms with Gasteiger partial charge in [0.15, 0.2) is 0 Å². The summed E-state index contributed by atoms with van der Waals surface area (Å²) in [6.45, 7) is 1.60. The molecule has 0 saturated heterocycles. The van der Waals surface area contributed by atoms with Gasteiger partial charge in [0.05, 0.1) is 22.3 Å². The van der Waals surface area contributed by atoms with E-state index in [0.29, 0.717) is 0 Å². The maximum atomic E-state index is 11.6. The van der Waals surface area contributed by atoms with Crippen molar-refractivity contribution in [1.29, 1.82) is 0 Å². The van der Waals surface area contributed by atoms with E-state index >= 15 is 0 Å². The molecule has 1 aromatic carbocycles. The number of amides is 2. The lowest BCUT2D eigenvalue weighted by atomic mass is 10.2. The summed E-state index contributed by atoms with van der Waals surface area (Å²) in [6, 6.07) is 1.36. The third kappa shape index (κ3) is 4.05. The first-order valence-electron chi connectivity index (χ1n) is 5.11. The molecule has 0 bridgehead atoms. The standard InChI is InChI=1S/C12H10Cl2N2O3/c1-3-6(2)15-12(19)16-10-8(11(17)18)4-7(13)5-9(10)14/h1,4-6H,2H3,(H,17,18)(H2,15,16,19). The van der Waals surface area contributed by atoms with Gasteiger partial charge < -0.3 is 15.7 Å². The highest BCUT2D eigenvalue weighted by Gasteiger charge is 2.17. The molecule has 1 aromatic rings. The van der Waals surface area contributed by atoms with Crippen molar-refractivity contribution in [3.63, 3.8) is 0 Å². The molecule has 1 unspecified atom stereocenters. The SMILES string of the molecule is C#CC(C)NC(=O)Nc1c(Cl)cc(Cl)cc1C(=O)O. The molecule has 0 aliphatic rings. The van der Waals surface area contributed by atoms with Crippen molar-refractivity contribution in [2.24, 2.45) is 0 Å². The van der Waals surface area contributed by atoms with Crippen LogP contribution < -0.4 is 10.6 Å². The van der Waals surface area contributed by atoms with Crippen LogP contribution in [0.3, 0.4) is 0 Å². The molecule has 0 heterocycles. The predicted octanol–water partition coefficient (Wildman–Crippen LogP) is 2.83. The van der Waals surface area contributed by atoms with Gasteiger partial charge in [0, 0.05) is 5.02 Å². The number of benzene rings is 1. The van der Waals surface area contributed by atoms with Gasteiger partial charge in [-0.15, -0.1) is 6.42 Å². The number of hydrogen-bond donors (Lipinski definition) is 3. The van der Waals surface area contributed by atoms with Crippen LogP contribution in [-0.4, -0.2) is 23.1 Å². The summed E-state index contributed by atoms with van der Waals surface area (Å²) < 4.78 is 0. The molecular weight excluding hydrogens is 291 g/mol. The normalized spacial score (nSPS) is 11.3. The predicted molar refractivity (Wildman–Crippen MR) is 73.9 cm³/mol. The molecular formula is C12H10Cl2N2O3. The highest BCUT2D eigenvalue weighted by molar-refractivity contribution is 6.37. The Morgan fingerprint density at radius 1 is 1.42 bits per heavy atom. The van der Waals surface area contributed by atoms with Crippen molar-refractivity contribution in [3.05, 3.63) is 27.7 Å². The van der Waals surface area contributed by atoms with Crippen molar-refractivity contribution in [1.82, 2.24) is 5.32 Å². The molecule has 2 amide bonds. The molecule has 0 saturated carbocycles. The number of halogens is 2. The van der Waals surface area contributed by atoms with Gasteiger partial charge in [-0.2, -0.15) is 0 Å². The third-order valence-electron chi connectivity index (χ3n) is 2.12. The number of terminal acetylenes is 1. The number of carboxylic acid groups (broad SMARTS) is 1. The van der Waals surface area contributed by atoms with Crippen LogP contribution in [0.15, 0.2) is 12.1 Å². The number of anilines is 1. The summed E-state index contributed by atoms with van der Waals surface area (Å²) >= 11 is 11.6. The number of nitrogens with one attached hydrogen (secondary N) is 2. The fraction of sp³-hybridized carbons (Fsp3) is 0.167. The zero-order valence-electron chi connectivity index (χ0n) is 9.83. The zero-order chi connectivity index (χ0) is 14.6. The minimum absolute atomic E-state index is 0.0217. The van der Waals surface area contributed by atoms with Gasteiger partial charge in [-0.3, -0.25) is 0 Å². The summed E-state index contributed by atoms with van der Waals surface area (Å²) in [5, 5.41) is 14.0. The Bertz CT molecular complexity index is 567. The second kappa shape index (κ2) is 6.32. The molecule has 0 aliphatic carbocycles. The Labute approximate surface area is 119 Å². The van der Waals surface area contributed by atoms with Crippen LogP contribution in [0.2, 0.25) is 10.0 Å². The van der Waals surface area contributed by atoms with Crippen LogP contribution >= 0.6 is 23.2 Å². The van der Waals surface area contributed by atoms with Crippen LogP contribution in [0.4, 0.5) is 10.5 Å². The molecule has 19 heavy (non-hydrogen) atoms. The number of carbonyl (C=O) groups is 2. The molecule has 100 valence electrons. The second-order valence-corrected chi connectivity index (χ2v) is 4.45. The Balaban J connectivity index is 3.04. The average Bonchev–Trinajstić information content (AvgIpc) is 2.31. The van der Waals surface area contributed by atoms with E-state index in [9.17, 15) is 9.59 Å². The van der Waals surface area contributed by atoms with E-state index in [0.717, 1.165) is 0 Å². The van der Waals surface area contributed by atoms with Crippen molar-refractivity contribution < 1.29 is 14.7 Å². The zero-order valence-corrected chi connectivity index (χ0v) is 11.3. The van der Waals surface area contributed by atoms with E-state index in [-0.39, 0.29) is 21.3 Å². The van der Waals surface area contributed by atoms with Crippen LogP contribution in [0.25, 0.3) is 0 Å². The van der Waals surface area contributed by atoms with E-state index in [1.807, 2.05) is 0 Å². The largest absolute Gasteiger partial charge is 0.478 e. The highest BCUT2D eigenvalue weighted by Crippen LogP contribution is 2.30. The molecule has 0 fully saturated rings. The van der Waals surface area contributed by atoms with Gasteiger partial charge in [0.2, 0.25) is 0 Å². The number of hydrogen-bond acceptors (Lipinski definition) is 2. The van der Waals surface area contributed by atoms with Gasteiger partial charge in [-0.1, -0.05) is 29.1 Å². The topological polar surface area (TPSA) is 78.4 Å². The van der Waals surface area contributed by atoms with E-state index in [2.05, 4.69) is 16.6 Å². The summed E-state index contributed by atoms with van der Waals surface area (Å²) in [7, 11) is 0.